The van der Waals surface area contributed by atoms with E-state index in [-0.39, 0.29) is 6.54 Å². The Morgan fingerprint density at radius 2 is 1.68 bits per heavy atom. The van der Waals surface area contributed by atoms with Gasteiger partial charge < -0.3 is 30.3 Å². The van der Waals surface area contributed by atoms with Crippen LogP contribution in [-0.4, -0.2) is 74.2 Å². The summed E-state index contributed by atoms with van der Waals surface area (Å²) < 4.78 is 5.35. The SMILES string of the molecule is OC[C@@H]1[C@@H](O)[C@H](O)[C@@H](O)C(O)N1C/C=C/Oc1ccccc1. The maximum absolute atomic E-state index is 9.96. The summed E-state index contributed by atoms with van der Waals surface area (Å²) in [6.07, 6.45) is -2.77. The van der Waals surface area contributed by atoms with Gasteiger partial charge in [-0.25, -0.2) is 0 Å². The monoisotopic (exact) mass is 311 g/mol. The first-order valence-electron chi connectivity index (χ1n) is 7.02. The molecule has 7 nitrogen and oxygen atoms in total. The van der Waals surface area contributed by atoms with Crippen molar-refractivity contribution in [2.45, 2.75) is 30.6 Å². The lowest BCUT2D eigenvalue weighted by Gasteiger charge is -2.45. The summed E-state index contributed by atoms with van der Waals surface area (Å²) in [5.74, 6) is 0.646. The van der Waals surface area contributed by atoms with Crippen molar-refractivity contribution in [3.8, 4) is 5.75 Å². The van der Waals surface area contributed by atoms with Crippen LogP contribution < -0.4 is 4.74 Å². The molecule has 1 aliphatic heterocycles. The highest BCUT2D eigenvalue weighted by Crippen LogP contribution is 2.23. The Bertz CT molecular complexity index is 482. The summed E-state index contributed by atoms with van der Waals surface area (Å²) in [6.45, 7) is -0.338. The second-order valence-electron chi connectivity index (χ2n) is 5.13. The first-order valence-corrected chi connectivity index (χ1v) is 7.02. The van der Waals surface area contributed by atoms with Gasteiger partial charge in [-0.05, 0) is 18.2 Å². The second kappa shape index (κ2) is 7.68. The van der Waals surface area contributed by atoms with Gasteiger partial charge in [0.05, 0.1) is 18.9 Å². The van der Waals surface area contributed by atoms with Crippen LogP contribution in [0.5, 0.6) is 5.75 Å². The van der Waals surface area contributed by atoms with Gasteiger partial charge in [-0.3, -0.25) is 4.90 Å². The molecule has 0 radical (unpaired) electrons. The van der Waals surface area contributed by atoms with E-state index in [1.165, 1.54) is 11.2 Å². The molecule has 5 atom stereocenters. The fourth-order valence-corrected chi connectivity index (χ4v) is 2.44. The number of ether oxygens (including phenoxy) is 1. The minimum Gasteiger partial charge on any atom is -0.465 e. The summed E-state index contributed by atoms with van der Waals surface area (Å²) in [6, 6.07) is 8.19. The third kappa shape index (κ3) is 3.64. The Labute approximate surface area is 128 Å². The molecular formula is C15H21NO6. The normalized spacial score (nSPS) is 33.2. The molecule has 1 aromatic carbocycles. The lowest BCUT2D eigenvalue weighted by atomic mass is 9.93. The van der Waals surface area contributed by atoms with Gasteiger partial charge in [-0.2, -0.15) is 0 Å². The van der Waals surface area contributed by atoms with Gasteiger partial charge in [0.1, 0.15) is 30.3 Å². The second-order valence-corrected chi connectivity index (χ2v) is 5.13. The van der Waals surface area contributed by atoms with E-state index >= 15 is 0 Å². The van der Waals surface area contributed by atoms with Crippen LogP contribution in [0.15, 0.2) is 42.7 Å². The molecule has 22 heavy (non-hydrogen) atoms. The van der Waals surface area contributed by atoms with E-state index < -0.39 is 37.2 Å². The number of hydrogen-bond acceptors (Lipinski definition) is 7. The third-order valence-electron chi connectivity index (χ3n) is 3.71. The van der Waals surface area contributed by atoms with Gasteiger partial charge in [-0.15, -0.1) is 0 Å². The Balaban J connectivity index is 1.97. The molecule has 1 aromatic rings. The van der Waals surface area contributed by atoms with Gasteiger partial charge in [0.25, 0.3) is 0 Å². The van der Waals surface area contributed by atoms with Crippen LogP contribution in [0.1, 0.15) is 0 Å². The number of nitrogens with zero attached hydrogens (tertiary/aromatic N) is 1. The van der Waals surface area contributed by atoms with Gasteiger partial charge in [-0.1, -0.05) is 18.2 Å². The first-order chi connectivity index (χ1) is 10.6. The number of hydrogen-bond donors (Lipinski definition) is 5. The molecule has 1 heterocycles. The summed E-state index contributed by atoms with van der Waals surface area (Å²) in [5, 5.41) is 48.5. The van der Waals surface area contributed by atoms with Crippen molar-refractivity contribution in [3.05, 3.63) is 42.7 Å². The predicted molar refractivity (Wildman–Crippen MR) is 77.8 cm³/mol. The molecule has 0 aromatic heterocycles. The highest BCUT2D eigenvalue weighted by molar-refractivity contribution is 5.21. The molecule has 2 rings (SSSR count). The smallest absolute Gasteiger partial charge is 0.136 e. The van der Waals surface area contributed by atoms with E-state index in [0.29, 0.717) is 5.75 Å². The summed E-state index contributed by atoms with van der Waals surface area (Å²) >= 11 is 0. The van der Waals surface area contributed by atoms with Crippen molar-refractivity contribution in [2.24, 2.45) is 0 Å². The molecule has 1 unspecified atom stereocenters. The average molecular weight is 311 g/mol. The highest BCUT2D eigenvalue weighted by Gasteiger charge is 2.46. The zero-order valence-electron chi connectivity index (χ0n) is 11.9. The lowest BCUT2D eigenvalue weighted by Crippen LogP contribution is -2.67. The number of likely N-dealkylation sites (tertiary alicyclic amines) is 1. The molecule has 0 spiro atoms. The van der Waals surface area contributed by atoms with Crippen LogP contribution in [0.4, 0.5) is 0 Å². The molecule has 1 saturated heterocycles. The van der Waals surface area contributed by atoms with E-state index in [4.69, 9.17) is 4.74 Å². The highest BCUT2D eigenvalue weighted by atomic mass is 16.5. The Hall–Kier alpha value is -1.48. The number of rotatable bonds is 5. The van der Waals surface area contributed by atoms with Crippen LogP contribution in [-0.2, 0) is 0 Å². The zero-order chi connectivity index (χ0) is 16.1. The van der Waals surface area contributed by atoms with Crippen molar-refractivity contribution in [1.29, 1.82) is 0 Å². The van der Waals surface area contributed by atoms with Gasteiger partial charge in [0, 0.05) is 6.54 Å². The van der Waals surface area contributed by atoms with Crippen molar-refractivity contribution in [3.63, 3.8) is 0 Å². The van der Waals surface area contributed by atoms with Gasteiger partial charge >= 0.3 is 0 Å². The molecule has 0 saturated carbocycles. The number of benzene rings is 1. The molecule has 0 amide bonds. The third-order valence-corrected chi connectivity index (χ3v) is 3.71. The van der Waals surface area contributed by atoms with Crippen molar-refractivity contribution < 1.29 is 30.3 Å². The predicted octanol–water partition coefficient (Wildman–Crippen LogP) is -1.34. The van der Waals surface area contributed by atoms with Crippen LogP contribution in [0.3, 0.4) is 0 Å². The fourth-order valence-electron chi connectivity index (χ4n) is 2.44. The van der Waals surface area contributed by atoms with Crippen LogP contribution >= 0.6 is 0 Å². The largest absolute Gasteiger partial charge is 0.465 e. The van der Waals surface area contributed by atoms with Gasteiger partial charge in [0.2, 0.25) is 0 Å². The maximum atomic E-state index is 9.96. The van der Waals surface area contributed by atoms with E-state index in [9.17, 15) is 25.5 Å². The van der Waals surface area contributed by atoms with Crippen molar-refractivity contribution >= 4 is 0 Å². The minimum atomic E-state index is -1.51. The minimum absolute atomic E-state index is 0.125. The Morgan fingerprint density at radius 1 is 1.00 bits per heavy atom. The molecular weight excluding hydrogens is 290 g/mol. The van der Waals surface area contributed by atoms with E-state index in [1.807, 2.05) is 18.2 Å². The van der Waals surface area contributed by atoms with E-state index in [2.05, 4.69) is 0 Å². The topological polar surface area (TPSA) is 114 Å². The molecule has 1 aliphatic rings. The van der Waals surface area contributed by atoms with Crippen molar-refractivity contribution in [1.82, 2.24) is 4.90 Å². The van der Waals surface area contributed by atoms with Gasteiger partial charge in [0.15, 0.2) is 0 Å². The maximum Gasteiger partial charge on any atom is 0.136 e. The standard InChI is InChI=1S/C15H21NO6/c17-9-11-12(18)13(19)14(20)15(21)16(11)7-4-8-22-10-5-2-1-3-6-10/h1-6,8,11-15,17-21H,7,9H2/b8-4+/t11-,12-,13+,14-,15?/m1/s1. The molecule has 0 bridgehead atoms. The molecule has 1 fully saturated rings. The summed E-state index contributed by atoms with van der Waals surface area (Å²) in [5.41, 5.74) is 0. The lowest BCUT2D eigenvalue weighted by molar-refractivity contribution is -0.219. The van der Waals surface area contributed by atoms with Crippen LogP contribution in [0.2, 0.25) is 0 Å². The van der Waals surface area contributed by atoms with Crippen LogP contribution in [0.25, 0.3) is 0 Å². The molecule has 122 valence electrons. The Morgan fingerprint density at radius 3 is 2.32 bits per heavy atom. The average Bonchev–Trinajstić information content (AvgIpc) is 2.55. The fraction of sp³-hybridized carbons (Fsp3) is 0.467. The van der Waals surface area contributed by atoms with Crippen LogP contribution in [0, 0.1) is 0 Å². The Kier molecular flexibility index (Phi) is 5.90. The summed E-state index contributed by atoms with van der Waals surface area (Å²) in [7, 11) is 0. The molecule has 7 heteroatoms. The van der Waals surface area contributed by atoms with Crippen molar-refractivity contribution in [2.75, 3.05) is 13.2 Å². The zero-order valence-corrected chi connectivity index (χ0v) is 11.9. The number of aliphatic hydroxyl groups is 5. The first kappa shape index (κ1) is 16.9. The van der Waals surface area contributed by atoms with E-state index in [1.54, 1.807) is 18.2 Å². The molecule has 0 aliphatic carbocycles. The quantitative estimate of drug-likeness (QED) is 0.428. The summed E-state index contributed by atoms with van der Waals surface area (Å²) in [4.78, 5) is 1.30. The van der Waals surface area contributed by atoms with E-state index in [0.717, 1.165) is 0 Å². The number of piperidine rings is 1. The molecule has 5 N–H and O–H groups in total. The number of para-hydroxylation sites is 1. The number of aliphatic hydroxyl groups excluding tert-OH is 5.